The zero-order valence-corrected chi connectivity index (χ0v) is 13.0. The van der Waals surface area contributed by atoms with Crippen LogP contribution in [0.25, 0.3) is 10.8 Å². The average Bonchev–Trinajstić information content (AvgIpc) is 2.45. The van der Waals surface area contributed by atoms with Crippen molar-refractivity contribution >= 4 is 34.1 Å². The number of fused-ring (bicyclic) bond motifs is 1. The summed E-state index contributed by atoms with van der Waals surface area (Å²) in [6.07, 6.45) is 0.471. The number of alkyl halides is 1. The Morgan fingerprint density at radius 2 is 1.95 bits per heavy atom. The van der Waals surface area contributed by atoms with E-state index in [2.05, 4.69) is 21.3 Å². The first-order chi connectivity index (χ1) is 10.6. The fourth-order valence-corrected chi connectivity index (χ4v) is 3.00. The number of benzene rings is 2. The Hall–Kier alpha value is -1.82. The fourth-order valence-electron chi connectivity index (χ4n) is 2.61. The standard InChI is InChI=1S/C16H19ClN4O/c1-10-8-14(17)20-15(18-10)21-16(22)19-13-7-6-11-4-2-3-5-12(11)9-13/h2-7,9-10,14-15,18,20H,8H2,1H3,(H2,19,21,22). The Morgan fingerprint density at radius 1 is 1.18 bits per heavy atom. The highest BCUT2D eigenvalue weighted by atomic mass is 35.5. The van der Waals surface area contributed by atoms with E-state index >= 15 is 0 Å². The van der Waals surface area contributed by atoms with Crippen LogP contribution in [0.3, 0.4) is 0 Å². The van der Waals surface area contributed by atoms with Gasteiger partial charge in [0, 0.05) is 11.7 Å². The average molecular weight is 319 g/mol. The van der Waals surface area contributed by atoms with Crippen LogP contribution < -0.4 is 21.3 Å². The molecule has 0 saturated carbocycles. The lowest BCUT2D eigenvalue weighted by molar-refractivity contribution is 0.225. The third-order valence-corrected chi connectivity index (χ3v) is 3.95. The van der Waals surface area contributed by atoms with Crippen LogP contribution in [0.15, 0.2) is 42.5 Å². The van der Waals surface area contributed by atoms with Gasteiger partial charge in [0.1, 0.15) is 6.29 Å². The summed E-state index contributed by atoms with van der Waals surface area (Å²) in [6.45, 7) is 2.03. The lowest BCUT2D eigenvalue weighted by Gasteiger charge is -2.33. The predicted molar refractivity (Wildman–Crippen MR) is 89.9 cm³/mol. The van der Waals surface area contributed by atoms with Crippen LogP contribution in [0.2, 0.25) is 0 Å². The maximum absolute atomic E-state index is 12.1. The molecule has 0 aromatic heterocycles. The number of urea groups is 1. The van der Waals surface area contributed by atoms with Gasteiger partial charge in [-0.2, -0.15) is 0 Å². The minimum absolute atomic E-state index is 0.151. The quantitative estimate of drug-likeness (QED) is 0.508. The van der Waals surface area contributed by atoms with Crippen LogP contribution in [-0.2, 0) is 0 Å². The second-order valence-corrected chi connectivity index (χ2v) is 6.06. The summed E-state index contributed by atoms with van der Waals surface area (Å²) < 4.78 is 0. The number of carbonyl (C=O) groups is 1. The van der Waals surface area contributed by atoms with Crippen LogP contribution in [0.5, 0.6) is 0 Å². The molecule has 6 heteroatoms. The van der Waals surface area contributed by atoms with E-state index < -0.39 is 0 Å². The highest BCUT2D eigenvalue weighted by Gasteiger charge is 2.24. The number of hydrogen-bond acceptors (Lipinski definition) is 3. The first kappa shape index (κ1) is 15.1. The smallest absolute Gasteiger partial charge is 0.310 e. The number of anilines is 1. The van der Waals surface area contributed by atoms with Crippen molar-refractivity contribution in [3.63, 3.8) is 0 Å². The minimum Gasteiger partial charge on any atom is -0.310 e. The zero-order chi connectivity index (χ0) is 15.5. The highest BCUT2D eigenvalue weighted by molar-refractivity contribution is 6.20. The van der Waals surface area contributed by atoms with Crippen molar-refractivity contribution in [3.05, 3.63) is 42.5 Å². The number of nitrogens with one attached hydrogen (secondary N) is 4. The van der Waals surface area contributed by atoms with Gasteiger partial charge in [-0.1, -0.05) is 30.3 Å². The normalized spacial score (nSPS) is 24.9. The molecule has 0 bridgehead atoms. The van der Waals surface area contributed by atoms with Gasteiger partial charge in [-0.15, -0.1) is 11.6 Å². The molecule has 0 aliphatic carbocycles. The lowest BCUT2D eigenvalue weighted by Crippen LogP contribution is -2.63. The molecule has 0 radical (unpaired) electrons. The van der Waals surface area contributed by atoms with E-state index in [0.29, 0.717) is 0 Å². The molecule has 5 nitrogen and oxygen atoms in total. The van der Waals surface area contributed by atoms with Crippen molar-refractivity contribution in [2.24, 2.45) is 0 Å². The monoisotopic (exact) mass is 318 g/mol. The molecular weight excluding hydrogens is 300 g/mol. The van der Waals surface area contributed by atoms with Crippen molar-refractivity contribution in [3.8, 4) is 0 Å². The van der Waals surface area contributed by atoms with Crippen LogP contribution >= 0.6 is 11.6 Å². The maximum Gasteiger partial charge on any atom is 0.321 e. The second kappa shape index (κ2) is 6.52. The van der Waals surface area contributed by atoms with E-state index in [0.717, 1.165) is 22.9 Å². The van der Waals surface area contributed by atoms with Gasteiger partial charge in [-0.25, -0.2) is 4.79 Å². The molecule has 2 amide bonds. The molecule has 1 aliphatic rings. The van der Waals surface area contributed by atoms with Gasteiger partial charge in [0.2, 0.25) is 0 Å². The van der Waals surface area contributed by atoms with Crippen molar-refractivity contribution in [2.75, 3.05) is 5.32 Å². The van der Waals surface area contributed by atoms with Gasteiger partial charge in [-0.05, 0) is 36.2 Å². The second-order valence-electron chi connectivity index (χ2n) is 5.53. The molecule has 1 saturated heterocycles. The molecule has 116 valence electrons. The molecule has 2 aromatic rings. The third-order valence-electron chi connectivity index (χ3n) is 3.64. The van der Waals surface area contributed by atoms with Crippen molar-refractivity contribution in [2.45, 2.75) is 31.2 Å². The number of amides is 2. The summed E-state index contributed by atoms with van der Waals surface area (Å²) in [4.78, 5) is 12.1. The van der Waals surface area contributed by atoms with Crippen molar-refractivity contribution in [1.29, 1.82) is 0 Å². The molecule has 1 heterocycles. The SMILES string of the molecule is CC1CC(Cl)NC(NC(=O)Nc2ccc3ccccc3c2)N1. The van der Waals surface area contributed by atoms with Crippen LogP contribution in [0, 0.1) is 0 Å². The van der Waals surface area contributed by atoms with Gasteiger partial charge >= 0.3 is 6.03 Å². The summed E-state index contributed by atoms with van der Waals surface area (Å²) >= 11 is 6.09. The lowest BCUT2D eigenvalue weighted by atomic mass is 10.1. The molecule has 3 rings (SSSR count). The summed E-state index contributed by atoms with van der Waals surface area (Å²) in [5.74, 6) is 0. The Kier molecular flexibility index (Phi) is 4.47. The molecule has 2 aromatic carbocycles. The molecule has 1 fully saturated rings. The Morgan fingerprint density at radius 3 is 2.73 bits per heavy atom. The van der Waals surface area contributed by atoms with Gasteiger partial charge in [0.05, 0.1) is 5.50 Å². The summed E-state index contributed by atoms with van der Waals surface area (Å²) in [6, 6.07) is 13.8. The largest absolute Gasteiger partial charge is 0.321 e. The molecule has 3 atom stereocenters. The Bertz CT molecular complexity index is 668. The van der Waals surface area contributed by atoms with E-state index in [1.807, 2.05) is 49.4 Å². The Balaban J connectivity index is 1.63. The van der Waals surface area contributed by atoms with E-state index in [9.17, 15) is 4.79 Å². The van der Waals surface area contributed by atoms with Gasteiger partial charge in [0.15, 0.2) is 0 Å². The first-order valence-corrected chi connectivity index (χ1v) is 7.76. The Labute approximate surface area is 134 Å². The first-order valence-electron chi connectivity index (χ1n) is 7.32. The topological polar surface area (TPSA) is 65.2 Å². The van der Waals surface area contributed by atoms with Gasteiger partial charge < -0.3 is 10.6 Å². The summed E-state index contributed by atoms with van der Waals surface area (Å²) in [7, 11) is 0. The summed E-state index contributed by atoms with van der Waals surface area (Å²) in [5, 5.41) is 14.2. The van der Waals surface area contributed by atoms with Crippen molar-refractivity contribution < 1.29 is 4.79 Å². The highest BCUT2D eigenvalue weighted by Crippen LogP contribution is 2.18. The van der Waals surface area contributed by atoms with E-state index in [-0.39, 0.29) is 23.9 Å². The van der Waals surface area contributed by atoms with E-state index in [4.69, 9.17) is 11.6 Å². The number of halogens is 1. The summed E-state index contributed by atoms with van der Waals surface area (Å²) in [5.41, 5.74) is 0.602. The fraction of sp³-hybridized carbons (Fsp3) is 0.312. The third kappa shape index (κ3) is 3.68. The van der Waals surface area contributed by atoms with Crippen LogP contribution in [-0.4, -0.2) is 23.9 Å². The zero-order valence-electron chi connectivity index (χ0n) is 12.3. The molecular formula is C16H19ClN4O. The van der Waals surface area contributed by atoms with Crippen LogP contribution in [0.4, 0.5) is 10.5 Å². The number of carbonyl (C=O) groups excluding carboxylic acids is 1. The van der Waals surface area contributed by atoms with Crippen LogP contribution in [0.1, 0.15) is 13.3 Å². The molecule has 0 spiro atoms. The molecule has 3 unspecified atom stereocenters. The van der Waals surface area contributed by atoms with E-state index in [1.165, 1.54) is 0 Å². The number of hydrogen-bond donors (Lipinski definition) is 4. The van der Waals surface area contributed by atoms with Crippen molar-refractivity contribution in [1.82, 2.24) is 16.0 Å². The van der Waals surface area contributed by atoms with E-state index in [1.54, 1.807) is 0 Å². The number of rotatable bonds is 2. The molecule has 1 aliphatic heterocycles. The molecule has 22 heavy (non-hydrogen) atoms. The predicted octanol–water partition coefficient (Wildman–Crippen LogP) is 2.78. The van der Waals surface area contributed by atoms with Gasteiger partial charge in [-0.3, -0.25) is 10.6 Å². The minimum atomic E-state index is -0.341. The maximum atomic E-state index is 12.1. The van der Waals surface area contributed by atoms with Gasteiger partial charge in [0.25, 0.3) is 0 Å². The molecule has 4 N–H and O–H groups in total.